The number of hydrogen-bond donors (Lipinski definition) is 0. The van der Waals surface area contributed by atoms with E-state index in [1.54, 1.807) is 12.5 Å². The van der Waals surface area contributed by atoms with Crippen molar-refractivity contribution >= 4 is 35.8 Å². The molecule has 7 heteroatoms. The van der Waals surface area contributed by atoms with Crippen molar-refractivity contribution in [3.63, 3.8) is 0 Å². The first-order valence-corrected chi connectivity index (χ1v) is 6.63. The van der Waals surface area contributed by atoms with Crippen LogP contribution < -0.4 is 4.74 Å². The average molecular weight is 341 g/mol. The van der Waals surface area contributed by atoms with Gasteiger partial charge in [0.1, 0.15) is 12.1 Å². The molecule has 0 unspecified atom stereocenters. The fourth-order valence-corrected chi connectivity index (χ4v) is 2.25. The van der Waals surface area contributed by atoms with Gasteiger partial charge in [0.15, 0.2) is 5.65 Å². The van der Waals surface area contributed by atoms with Crippen LogP contribution in [0.4, 0.5) is 0 Å². The third-order valence-corrected chi connectivity index (χ3v) is 3.14. The lowest BCUT2D eigenvalue weighted by molar-refractivity contribution is 0.340. The lowest BCUT2D eigenvalue weighted by Gasteiger charge is -2.06. The molecule has 0 saturated carbocycles. The van der Waals surface area contributed by atoms with Gasteiger partial charge in [0.05, 0.1) is 24.2 Å². The van der Waals surface area contributed by atoms with Gasteiger partial charge in [0.2, 0.25) is 0 Å². The molecule has 0 aliphatic rings. The Morgan fingerprint density at radius 3 is 2.82 bits per heavy atom. The molecule has 3 aromatic rings. The number of aromatic nitrogens is 4. The number of benzene rings is 1. The molecule has 3 rings (SSSR count). The van der Waals surface area contributed by atoms with Crippen LogP contribution in [0.3, 0.4) is 0 Å². The highest BCUT2D eigenvalue weighted by Crippen LogP contribution is 2.18. The summed E-state index contributed by atoms with van der Waals surface area (Å²) in [6.07, 6.45) is 3.36. The predicted molar refractivity (Wildman–Crippen MR) is 91.3 cm³/mol. The summed E-state index contributed by atoms with van der Waals surface area (Å²) in [7, 11) is 0. The van der Waals surface area contributed by atoms with Crippen molar-refractivity contribution in [2.24, 2.45) is 0 Å². The first-order valence-electron chi connectivity index (χ1n) is 6.63. The van der Waals surface area contributed by atoms with Gasteiger partial charge in [-0.2, -0.15) is 5.10 Å². The summed E-state index contributed by atoms with van der Waals surface area (Å²) in [4.78, 5) is 8.36. The summed E-state index contributed by atoms with van der Waals surface area (Å²) in [5, 5.41) is 5.53. The predicted octanol–water partition coefficient (Wildman–Crippen LogP) is 3.43. The Bertz CT molecular complexity index is 745. The summed E-state index contributed by atoms with van der Waals surface area (Å²) >= 11 is 0. The molecular weight excluding hydrogens is 323 g/mol. The highest BCUT2D eigenvalue weighted by molar-refractivity contribution is 5.85. The van der Waals surface area contributed by atoms with Gasteiger partial charge in [0, 0.05) is 6.20 Å². The topological polar surface area (TPSA) is 52.8 Å². The Morgan fingerprint density at radius 1 is 1.23 bits per heavy atom. The van der Waals surface area contributed by atoms with Crippen molar-refractivity contribution in [3.05, 3.63) is 48.0 Å². The van der Waals surface area contributed by atoms with Crippen molar-refractivity contribution in [1.82, 2.24) is 19.7 Å². The van der Waals surface area contributed by atoms with E-state index in [4.69, 9.17) is 4.74 Å². The Hall–Kier alpha value is -1.85. The van der Waals surface area contributed by atoms with Crippen LogP contribution >= 0.6 is 24.8 Å². The maximum atomic E-state index is 5.52. The van der Waals surface area contributed by atoms with Crippen LogP contribution in [0.25, 0.3) is 11.0 Å². The third kappa shape index (κ3) is 3.67. The first-order chi connectivity index (χ1) is 9.78. The minimum absolute atomic E-state index is 0. The second-order valence-electron chi connectivity index (χ2n) is 4.58. The van der Waals surface area contributed by atoms with Gasteiger partial charge in [-0.25, -0.2) is 14.6 Å². The van der Waals surface area contributed by atoms with Crippen LogP contribution in [0.15, 0.2) is 36.8 Å². The number of rotatable bonds is 4. The quantitative estimate of drug-likeness (QED) is 0.730. The molecule has 5 nitrogen and oxygen atoms in total. The number of nitrogens with zero attached hydrogens (tertiary/aromatic N) is 4. The molecular formula is C15H18Cl2N4O. The molecule has 0 spiro atoms. The molecule has 2 aromatic heterocycles. The summed E-state index contributed by atoms with van der Waals surface area (Å²) in [5.74, 6) is 0.882. The lowest BCUT2D eigenvalue weighted by atomic mass is 10.2. The number of aryl methyl sites for hydroxylation is 1. The number of hydrogen-bond acceptors (Lipinski definition) is 4. The summed E-state index contributed by atoms with van der Waals surface area (Å²) in [5.41, 5.74) is 2.94. The van der Waals surface area contributed by atoms with Crippen LogP contribution in [0, 0.1) is 6.92 Å². The van der Waals surface area contributed by atoms with Crippen LogP contribution in [0.2, 0.25) is 0 Å². The van der Waals surface area contributed by atoms with Crippen molar-refractivity contribution < 1.29 is 4.74 Å². The maximum Gasteiger partial charge on any atom is 0.161 e. The average Bonchev–Trinajstić information content (AvgIpc) is 2.77. The Balaban J connectivity index is 0.00000121. The molecule has 22 heavy (non-hydrogen) atoms. The summed E-state index contributed by atoms with van der Waals surface area (Å²) in [6.45, 7) is 5.29. The van der Waals surface area contributed by atoms with E-state index in [9.17, 15) is 0 Å². The van der Waals surface area contributed by atoms with E-state index < -0.39 is 0 Å². The van der Waals surface area contributed by atoms with Crippen molar-refractivity contribution in [3.8, 4) is 5.75 Å². The zero-order valence-electron chi connectivity index (χ0n) is 12.4. The Labute approximate surface area is 141 Å². The van der Waals surface area contributed by atoms with Gasteiger partial charge in [-0.05, 0) is 31.5 Å². The Morgan fingerprint density at radius 2 is 2.05 bits per heavy atom. The molecule has 0 amide bonds. The second kappa shape index (κ2) is 7.96. The minimum atomic E-state index is 0. The monoisotopic (exact) mass is 340 g/mol. The zero-order chi connectivity index (χ0) is 13.9. The normalized spacial score (nSPS) is 9.91. The van der Waals surface area contributed by atoms with Crippen LogP contribution in [0.5, 0.6) is 5.75 Å². The largest absolute Gasteiger partial charge is 0.494 e. The van der Waals surface area contributed by atoms with E-state index in [0.717, 1.165) is 28.0 Å². The number of halogens is 2. The van der Waals surface area contributed by atoms with E-state index in [1.165, 1.54) is 0 Å². The smallest absolute Gasteiger partial charge is 0.161 e. The maximum absolute atomic E-state index is 5.52. The molecule has 0 radical (unpaired) electrons. The molecule has 0 aliphatic carbocycles. The molecule has 0 N–H and O–H groups in total. The fraction of sp³-hybridized carbons (Fsp3) is 0.267. The van der Waals surface area contributed by atoms with E-state index in [-0.39, 0.29) is 24.8 Å². The lowest BCUT2D eigenvalue weighted by Crippen LogP contribution is -2.03. The standard InChI is InChI=1S/C15H16N4O.2ClH/c1-3-20-13-6-4-5-12(7-13)9-19-15-14(11(2)18-19)8-16-10-17-15;;/h4-8,10H,3,9H2,1-2H3;2*1H. The SMILES string of the molecule is CCOc1cccc(Cn2nc(C)c3cncnc32)c1.Cl.Cl. The molecule has 0 fully saturated rings. The second-order valence-corrected chi connectivity index (χ2v) is 4.58. The van der Waals surface area contributed by atoms with Gasteiger partial charge in [-0.1, -0.05) is 12.1 Å². The summed E-state index contributed by atoms with van der Waals surface area (Å²) in [6, 6.07) is 8.05. The van der Waals surface area contributed by atoms with E-state index in [2.05, 4.69) is 21.1 Å². The van der Waals surface area contributed by atoms with Gasteiger partial charge in [-0.15, -0.1) is 24.8 Å². The van der Waals surface area contributed by atoms with Crippen LogP contribution in [-0.4, -0.2) is 26.4 Å². The molecule has 0 saturated heterocycles. The van der Waals surface area contributed by atoms with E-state index >= 15 is 0 Å². The molecule has 2 heterocycles. The van der Waals surface area contributed by atoms with Gasteiger partial charge in [0.25, 0.3) is 0 Å². The number of ether oxygens (including phenoxy) is 1. The van der Waals surface area contributed by atoms with Crippen LogP contribution in [-0.2, 0) is 6.54 Å². The van der Waals surface area contributed by atoms with E-state index in [1.807, 2.05) is 36.7 Å². The molecule has 1 aromatic carbocycles. The molecule has 0 bridgehead atoms. The van der Waals surface area contributed by atoms with Gasteiger partial charge in [-0.3, -0.25) is 0 Å². The van der Waals surface area contributed by atoms with Crippen molar-refractivity contribution in [2.45, 2.75) is 20.4 Å². The van der Waals surface area contributed by atoms with Crippen LogP contribution in [0.1, 0.15) is 18.2 Å². The van der Waals surface area contributed by atoms with Gasteiger partial charge >= 0.3 is 0 Å². The fourth-order valence-electron chi connectivity index (χ4n) is 2.25. The first kappa shape index (κ1) is 18.2. The third-order valence-electron chi connectivity index (χ3n) is 3.14. The van der Waals surface area contributed by atoms with Crippen molar-refractivity contribution in [2.75, 3.05) is 6.61 Å². The molecule has 0 atom stereocenters. The summed E-state index contributed by atoms with van der Waals surface area (Å²) < 4.78 is 7.42. The highest BCUT2D eigenvalue weighted by Gasteiger charge is 2.09. The minimum Gasteiger partial charge on any atom is -0.494 e. The van der Waals surface area contributed by atoms with Gasteiger partial charge < -0.3 is 4.74 Å². The van der Waals surface area contributed by atoms with E-state index in [0.29, 0.717) is 13.2 Å². The highest BCUT2D eigenvalue weighted by atomic mass is 35.5. The molecule has 0 aliphatic heterocycles. The molecule has 118 valence electrons. The number of fused-ring (bicyclic) bond motifs is 1. The van der Waals surface area contributed by atoms with Crippen molar-refractivity contribution in [1.29, 1.82) is 0 Å². The Kier molecular flexibility index (Phi) is 6.59. The zero-order valence-corrected chi connectivity index (χ0v) is 14.0.